The van der Waals surface area contributed by atoms with E-state index in [0.717, 1.165) is 49.3 Å². The lowest BCUT2D eigenvalue weighted by Crippen LogP contribution is -2.30. The quantitative estimate of drug-likeness (QED) is 0.525. The zero-order chi connectivity index (χ0) is 23.8. The van der Waals surface area contributed by atoms with Gasteiger partial charge in [-0.25, -0.2) is 13.2 Å². The summed E-state index contributed by atoms with van der Waals surface area (Å²) in [6.07, 6.45) is 2.48. The minimum absolute atomic E-state index is 0. The van der Waals surface area contributed by atoms with Gasteiger partial charge in [0, 0.05) is 36.6 Å². The molecule has 34 heavy (non-hydrogen) atoms. The number of nitrogens with one attached hydrogen (secondary N) is 1. The number of nitrogens with zero attached hydrogens (tertiary/aromatic N) is 2. The fraction of sp³-hybridized carbons (Fsp3) is 0.478. The first kappa shape index (κ1) is 26.6. The van der Waals surface area contributed by atoms with E-state index in [-0.39, 0.29) is 30.0 Å². The highest BCUT2D eigenvalue weighted by molar-refractivity contribution is 7.89. The molecule has 2 aromatic rings. The Kier molecular flexibility index (Phi) is 8.41. The maximum absolute atomic E-state index is 13.0. The first-order chi connectivity index (χ1) is 15.8. The second kappa shape index (κ2) is 10.7. The fourth-order valence-corrected chi connectivity index (χ4v) is 6.68. The molecule has 1 saturated carbocycles. The maximum Gasteiger partial charge on any atom is 0.341 e. The fourth-order valence-electron chi connectivity index (χ4n) is 3.99. The smallest absolute Gasteiger partial charge is 0.341 e. The molecule has 0 bridgehead atoms. The van der Waals surface area contributed by atoms with E-state index in [2.05, 4.69) is 17.1 Å². The molecular weight excluding hydrogens is 498 g/mol. The number of ether oxygens (including phenoxy) is 1. The third-order valence-corrected chi connectivity index (χ3v) is 9.20. The van der Waals surface area contributed by atoms with Crippen LogP contribution in [0.3, 0.4) is 0 Å². The van der Waals surface area contributed by atoms with Crippen molar-refractivity contribution in [2.24, 2.45) is 0 Å². The predicted octanol–water partition coefficient (Wildman–Crippen LogP) is 3.76. The van der Waals surface area contributed by atoms with Gasteiger partial charge in [0.2, 0.25) is 10.0 Å². The highest BCUT2D eigenvalue weighted by Gasteiger charge is 2.35. The minimum atomic E-state index is -3.57. The lowest BCUT2D eigenvalue weighted by molar-refractivity contribution is 0.0526. The van der Waals surface area contributed by atoms with Gasteiger partial charge < -0.3 is 10.1 Å². The molecule has 186 valence electrons. The van der Waals surface area contributed by atoms with Crippen molar-refractivity contribution in [2.45, 2.75) is 50.6 Å². The molecule has 1 aromatic heterocycles. The van der Waals surface area contributed by atoms with Gasteiger partial charge in [0.25, 0.3) is 5.91 Å². The molecule has 11 heteroatoms. The van der Waals surface area contributed by atoms with Crippen molar-refractivity contribution in [1.29, 1.82) is 0 Å². The van der Waals surface area contributed by atoms with Gasteiger partial charge in [-0.2, -0.15) is 4.31 Å². The van der Waals surface area contributed by atoms with Gasteiger partial charge in [-0.3, -0.25) is 9.69 Å². The van der Waals surface area contributed by atoms with Crippen LogP contribution in [0.5, 0.6) is 0 Å². The third kappa shape index (κ3) is 5.31. The number of anilines is 1. The molecule has 0 saturated heterocycles. The number of esters is 1. The number of likely N-dealkylation sites (N-methyl/N-ethyl adjacent to an activating group) is 1. The molecule has 4 rings (SSSR count). The molecule has 2 aliphatic rings. The Labute approximate surface area is 210 Å². The normalized spacial score (nSPS) is 16.0. The molecule has 2 heterocycles. The first-order valence-corrected chi connectivity index (χ1v) is 13.4. The Bertz CT molecular complexity index is 1160. The summed E-state index contributed by atoms with van der Waals surface area (Å²) < 4.78 is 32.1. The van der Waals surface area contributed by atoms with Gasteiger partial charge in [-0.05, 0) is 62.6 Å². The lowest BCUT2D eigenvalue weighted by Gasteiger charge is -2.25. The Balaban J connectivity index is 0.00000324. The molecule has 1 aliphatic heterocycles. The highest BCUT2D eigenvalue weighted by Crippen LogP contribution is 2.38. The first-order valence-electron chi connectivity index (χ1n) is 11.2. The van der Waals surface area contributed by atoms with Crippen LogP contribution in [-0.2, 0) is 27.7 Å². The van der Waals surface area contributed by atoms with Gasteiger partial charge in [0.05, 0.1) is 17.1 Å². The van der Waals surface area contributed by atoms with Gasteiger partial charge in [-0.1, -0.05) is 6.92 Å². The molecule has 8 nitrogen and oxygen atoms in total. The molecule has 1 aromatic carbocycles. The van der Waals surface area contributed by atoms with Crippen LogP contribution >= 0.6 is 23.7 Å². The van der Waals surface area contributed by atoms with Crippen molar-refractivity contribution in [3.63, 3.8) is 0 Å². The van der Waals surface area contributed by atoms with E-state index in [4.69, 9.17) is 4.74 Å². The molecule has 1 fully saturated rings. The zero-order valence-electron chi connectivity index (χ0n) is 19.5. The molecule has 1 aliphatic carbocycles. The second-order valence-corrected chi connectivity index (χ2v) is 11.4. The Morgan fingerprint density at radius 1 is 1.21 bits per heavy atom. The summed E-state index contributed by atoms with van der Waals surface area (Å²) in [7, 11) is -1.99. The monoisotopic (exact) mass is 527 g/mol. The van der Waals surface area contributed by atoms with E-state index in [0.29, 0.717) is 16.1 Å². The average Bonchev–Trinajstić information content (AvgIpc) is 3.59. The number of carbonyl (C=O) groups is 2. The zero-order valence-corrected chi connectivity index (χ0v) is 21.9. The summed E-state index contributed by atoms with van der Waals surface area (Å²) in [4.78, 5) is 29.2. The number of hydrogen-bond acceptors (Lipinski definition) is 7. The van der Waals surface area contributed by atoms with Crippen molar-refractivity contribution < 1.29 is 22.7 Å². The third-order valence-electron chi connectivity index (χ3n) is 6.14. The van der Waals surface area contributed by atoms with Crippen LogP contribution in [-0.4, -0.2) is 62.3 Å². The van der Waals surface area contributed by atoms with Gasteiger partial charge in [-0.15, -0.1) is 23.7 Å². The van der Waals surface area contributed by atoms with E-state index in [9.17, 15) is 18.0 Å². The summed E-state index contributed by atoms with van der Waals surface area (Å²) in [6.45, 7) is 6.61. The minimum Gasteiger partial charge on any atom is -0.462 e. The van der Waals surface area contributed by atoms with Gasteiger partial charge in [0.1, 0.15) is 5.00 Å². The Morgan fingerprint density at radius 3 is 2.47 bits per heavy atom. The number of thiophene rings is 1. The van der Waals surface area contributed by atoms with Gasteiger partial charge in [0.15, 0.2) is 0 Å². The number of rotatable bonds is 8. The molecular formula is C23H30ClN3O5S2. The number of fused-ring (bicyclic) bond motifs is 1. The van der Waals surface area contributed by atoms with Crippen LogP contribution in [0.15, 0.2) is 29.2 Å². The molecule has 0 spiro atoms. The lowest BCUT2D eigenvalue weighted by atomic mass is 10.0. The number of sulfonamides is 1. The van der Waals surface area contributed by atoms with E-state index >= 15 is 0 Å². The Morgan fingerprint density at radius 2 is 1.88 bits per heavy atom. The van der Waals surface area contributed by atoms with Crippen molar-refractivity contribution in [1.82, 2.24) is 9.21 Å². The van der Waals surface area contributed by atoms with E-state index < -0.39 is 21.9 Å². The van der Waals surface area contributed by atoms with Crippen LogP contribution in [0.1, 0.15) is 57.8 Å². The number of benzene rings is 1. The summed E-state index contributed by atoms with van der Waals surface area (Å²) in [6, 6.07) is 5.97. The molecule has 1 N–H and O–H groups in total. The largest absolute Gasteiger partial charge is 0.462 e. The topological polar surface area (TPSA) is 96.0 Å². The van der Waals surface area contributed by atoms with Crippen molar-refractivity contribution >= 4 is 50.6 Å². The van der Waals surface area contributed by atoms with E-state index in [1.165, 1.54) is 39.9 Å². The average molecular weight is 528 g/mol. The van der Waals surface area contributed by atoms with Crippen LogP contribution < -0.4 is 5.32 Å². The summed E-state index contributed by atoms with van der Waals surface area (Å²) in [5.74, 6) is -0.828. The predicted molar refractivity (Wildman–Crippen MR) is 135 cm³/mol. The standard InChI is InChI=1S/C23H29N3O5S2.ClH/c1-4-26-13-12-18-19(14-26)32-22(20(18)23(28)31-5-2)24-21(27)15-6-10-17(11-7-15)33(29,30)25(3)16-8-9-16;/h6-7,10-11,16H,4-5,8-9,12-14H2,1-3H3,(H,24,27);1H. The Hall–Kier alpha value is -1.98. The van der Waals surface area contributed by atoms with Crippen LogP contribution in [0.25, 0.3) is 0 Å². The number of carbonyl (C=O) groups excluding carboxylic acids is 2. The molecule has 0 unspecified atom stereocenters. The van der Waals surface area contributed by atoms with Crippen molar-refractivity contribution in [3.8, 4) is 0 Å². The van der Waals surface area contributed by atoms with Crippen LogP contribution in [0.4, 0.5) is 5.00 Å². The molecule has 0 atom stereocenters. The van der Waals surface area contributed by atoms with E-state index in [1.54, 1.807) is 14.0 Å². The summed E-state index contributed by atoms with van der Waals surface area (Å²) >= 11 is 1.40. The number of halogens is 1. The number of hydrogen-bond donors (Lipinski definition) is 1. The highest BCUT2D eigenvalue weighted by atomic mass is 35.5. The SMILES string of the molecule is CCOC(=O)c1c(NC(=O)c2ccc(S(=O)(=O)N(C)C3CC3)cc2)sc2c1CCN(CC)C2.Cl. The van der Waals surface area contributed by atoms with Crippen molar-refractivity contribution in [2.75, 3.05) is 32.1 Å². The summed E-state index contributed by atoms with van der Waals surface area (Å²) in [5.41, 5.74) is 1.70. The molecule has 1 amide bonds. The van der Waals surface area contributed by atoms with Crippen LogP contribution in [0, 0.1) is 0 Å². The summed E-state index contributed by atoms with van der Waals surface area (Å²) in [5, 5.41) is 3.34. The second-order valence-electron chi connectivity index (χ2n) is 8.28. The van der Waals surface area contributed by atoms with Crippen molar-refractivity contribution in [3.05, 3.63) is 45.8 Å². The van der Waals surface area contributed by atoms with Gasteiger partial charge >= 0.3 is 5.97 Å². The molecule has 0 radical (unpaired) electrons. The number of amides is 1. The van der Waals surface area contributed by atoms with Crippen LogP contribution in [0.2, 0.25) is 0 Å². The maximum atomic E-state index is 13.0. The van der Waals surface area contributed by atoms with E-state index in [1.807, 2.05) is 0 Å².